The van der Waals surface area contributed by atoms with Crippen LogP contribution >= 0.6 is 24.0 Å². The largest absolute Gasteiger partial charge is 0.399 e. The van der Waals surface area contributed by atoms with Crippen LogP contribution in [0, 0.1) is 0 Å². The first-order chi connectivity index (χ1) is 12.0. The van der Waals surface area contributed by atoms with Crippen molar-refractivity contribution < 1.29 is 9.59 Å². The summed E-state index contributed by atoms with van der Waals surface area (Å²) in [6.07, 6.45) is 0.834. The molecule has 5 nitrogen and oxygen atoms in total. The van der Waals surface area contributed by atoms with E-state index < -0.39 is 6.04 Å². The Hall–Kier alpha value is -2.24. The van der Waals surface area contributed by atoms with Crippen molar-refractivity contribution in [3.63, 3.8) is 0 Å². The minimum absolute atomic E-state index is 0. The number of nitrogen functional groups attached to an aromatic ring is 1. The van der Waals surface area contributed by atoms with Gasteiger partial charge >= 0.3 is 0 Å². The van der Waals surface area contributed by atoms with Gasteiger partial charge in [0.05, 0.1) is 17.1 Å². The van der Waals surface area contributed by atoms with Crippen LogP contribution in [0.3, 0.4) is 0 Å². The molecule has 0 radical (unpaired) electrons. The second-order valence-corrected chi connectivity index (χ2v) is 6.58. The number of anilines is 2. The topological polar surface area (TPSA) is 66.6 Å². The minimum Gasteiger partial charge on any atom is -0.399 e. The predicted molar refractivity (Wildman–Crippen MR) is 107 cm³/mol. The third-order valence-corrected chi connectivity index (χ3v) is 4.84. The molecule has 26 heavy (non-hydrogen) atoms. The van der Waals surface area contributed by atoms with Crippen LogP contribution < -0.4 is 10.6 Å². The van der Waals surface area contributed by atoms with Gasteiger partial charge in [-0.1, -0.05) is 35.9 Å². The zero-order valence-corrected chi connectivity index (χ0v) is 16.0. The summed E-state index contributed by atoms with van der Waals surface area (Å²) >= 11 is 6.19. The molecule has 2 amide bonds. The number of benzene rings is 2. The highest BCUT2D eigenvalue weighted by Crippen LogP contribution is 2.30. The smallest absolute Gasteiger partial charge is 0.249 e. The molecule has 0 saturated carbocycles. The average Bonchev–Trinajstić information content (AvgIpc) is 2.98. The van der Waals surface area contributed by atoms with Crippen LogP contribution in [0.5, 0.6) is 0 Å². The Morgan fingerprint density at radius 3 is 2.54 bits per heavy atom. The van der Waals surface area contributed by atoms with E-state index >= 15 is 0 Å². The highest BCUT2D eigenvalue weighted by atomic mass is 35.5. The predicted octanol–water partition coefficient (Wildman–Crippen LogP) is 3.15. The highest BCUT2D eigenvalue weighted by molar-refractivity contribution is 6.34. The Bertz CT molecular complexity index is 796. The standard InChI is InChI=1S/C19H20ClN3O2.ClH/c1-22(18(24)12-13-6-8-14(21)9-7-13)17-10-11-23(19(17)25)16-5-3-2-4-15(16)20;/h2-9,17H,10-12,21H2,1H3;1H. The monoisotopic (exact) mass is 393 g/mol. The van der Waals surface area contributed by atoms with Gasteiger partial charge in [0.1, 0.15) is 6.04 Å². The first-order valence-electron chi connectivity index (χ1n) is 8.13. The molecule has 3 rings (SSSR count). The van der Waals surface area contributed by atoms with Gasteiger partial charge in [0.25, 0.3) is 0 Å². The van der Waals surface area contributed by atoms with E-state index in [1.165, 1.54) is 4.90 Å². The number of carbonyl (C=O) groups excluding carboxylic acids is 2. The van der Waals surface area contributed by atoms with Crippen LogP contribution in [0.2, 0.25) is 5.02 Å². The number of nitrogens with two attached hydrogens (primary N) is 1. The van der Waals surface area contributed by atoms with Gasteiger partial charge in [0, 0.05) is 19.3 Å². The number of halogens is 2. The number of carbonyl (C=O) groups is 2. The molecular weight excluding hydrogens is 373 g/mol. The molecule has 0 aromatic heterocycles. The van der Waals surface area contributed by atoms with Crippen molar-refractivity contribution >= 4 is 47.2 Å². The molecule has 1 unspecified atom stereocenters. The highest BCUT2D eigenvalue weighted by Gasteiger charge is 2.37. The van der Waals surface area contributed by atoms with E-state index in [-0.39, 0.29) is 30.6 Å². The van der Waals surface area contributed by atoms with Crippen molar-refractivity contribution in [3.05, 3.63) is 59.1 Å². The van der Waals surface area contributed by atoms with Crippen LogP contribution in [0.1, 0.15) is 12.0 Å². The summed E-state index contributed by atoms with van der Waals surface area (Å²) in [7, 11) is 1.68. The molecule has 0 aliphatic carbocycles. The Morgan fingerprint density at radius 2 is 1.88 bits per heavy atom. The van der Waals surface area contributed by atoms with Gasteiger partial charge in [-0.05, 0) is 36.2 Å². The lowest BCUT2D eigenvalue weighted by Gasteiger charge is -2.24. The van der Waals surface area contributed by atoms with E-state index in [1.54, 1.807) is 30.1 Å². The van der Waals surface area contributed by atoms with Crippen molar-refractivity contribution in [1.82, 2.24) is 4.90 Å². The van der Waals surface area contributed by atoms with Crippen molar-refractivity contribution in [2.24, 2.45) is 0 Å². The SMILES string of the molecule is CN(C(=O)Cc1ccc(N)cc1)C1CCN(c2ccccc2Cl)C1=O.Cl. The fourth-order valence-electron chi connectivity index (χ4n) is 3.04. The second kappa shape index (κ2) is 8.43. The molecule has 2 aromatic rings. The first kappa shape index (κ1) is 20.1. The van der Waals surface area contributed by atoms with E-state index in [0.29, 0.717) is 29.4 Å². The Labute approximate surface area is 164 Å². The first-order valence-corrected chi connectivity index (χ1v) is 8.51. The Kier molecular flexibility index (Phi) is 6.51. The molecule has 1 saturated heterocycles. The van der Waals surface area contributed by atoms with Gasteiger partial charge in [-0.15, -0.1) is 12.4 Å². The van der Waals surface area contributed by atoms with Crippen molar-refractivity contribution in [3.8, 4) is 0 Å². The van der Waals surface area contributed by atoms with E-state index in [4.69, 9.17) is 17.3 Å². The van der Waals surface area contributed by atoms with Gasteiger partial charge in [-0.25, -0.2) is 0 Å². The van der Waals surface area contributed by atoms with Crippen molar-refractivity contribution in [1.29, 1.82) is 0 Å². The molecule has 2 N–H and O–H groups in total. The second-order valence-electron chi connectivity index (χ2n) is 6.17. The molecule has 1 fully saturated rings. The van der Waals surface area contributed by atoms with Crippen LogP contribution in [0.25, 0.3) is 0 Å². The molecule has 1 atom stereocenters. The van der Waals surface area contributed by atoms with E-state index in [0.717, 1.165) is 5.56 Å². The maximum Gasteiger partial charge on any atom is 0.249 e. The Morgan fingerprint density at radius 1 is 1.23 bits per heavy atom. The normalized spacial score (nSPS) is 16.3. The van der Waals surface area contributed by atoms with Gasteiger partial charge in [-0.2, -0.15) is 0 Å². The fraction of sp³-hybridized carbons (Fsp3) is 0.263. The quantitative estimate of drug-likeness (QED) is 0.811. The molecule has 2 aromatic carbocycles. The lowest BCUT2D eigenvalue weighted by molar-refractivity contribution is -0.136. The number of amides is 2. The van der Waals surface area contributed by atoms with Crippen molar-refractivity contribution in [2.75, 3.05) is 24.2 Å². The van der Waals surface area contributed by atoms with Crippen molar-refractivity contribution in [2.45, 2.75) is 18.9 Å². The number of hydrogen-bond donors (Lipinski definition) is 1. The minimum atomic E-state index is -0.461. The maximum atomic E-state index is 12.8. The number of rotatable bonds is 4. The summed E-state index contributed by atoms with van der Waals surface area (Å²) in [4.78, 5) is 28.5. The summed E-state index contributed by atoms with van der Waals surface area (Å²) in [5.74, 6) is -0.189. The van der Waals surface area contributed by atoms with Crippen LogP contribution in [0.15, 0.2) is 48.5 Å². The van der Waals surface area contributed by atoms with E-state index in [9.17, 15) is 9.59 Å². The zero-order valence-electron chi connectivity index (χ0n) is 14.4. The third kappa shape index (κ3) is 4.11. The van der Waals surface area contributed by atoms with Gasteiger partial charge < -0.3 is 15.5 Å². The summed E-state index contributed by atoms with van der Waals surface area (Å²) < 4.78 is 0. The average molecular weight is 394 g/mol. The van der Waals surface area contributed by atoms with E-state index in [1.807, 2.05) is 30.3 Å². The van der Waals surface area contributed by atoms with Gasteiger partial charge in [-0.3, -0.25) is 9.59 Å². The van der Waals surface area contributed by atoms with Crippen LogP contribution in [-0.2, 0) is 16.0 Å². The molecule has 1 aliphatic heterocycles. The lowest BCUT2D eigenvalue weighted by Crippen LogP contribution is -2.43. The number of likely N-dealkylation sites (N-methyl/N-ethyl adjacent to an activating group) is 1. The molecule has 1 aliphatic rings. The van der Waals surface area contributed by atoms with E-state index in [2.05, 4.69) is 0 Å². The number of hydrogen-bond acceptors (Lipinski definition) is 3. The lowest BCUT2D eigenvalue weighted by atomic mass is 10.1. The van der Waals surface area contributed by atoms with Gasteiger partial charge in [0.2, 0.25) is 11.8 Å². The van der Waals surface area contributed by atoms with Gasteiger partial charge in [0.15, 0.2) is 0 Å². The summed E-state index contributed by atoms with van der Waals surface area (Å²) in [6.45, 7) is 0.548. The Balaban J connectivity index is 0.00000243. The number of para-hydroxylation sites is 1. The maximum absolute atomic E-state index is 12.8. The summed E-state index contributed by atoms with van der Waals surface area (Å²) in [5.41, 5.74) is 7.88. The number of nitrogens with zero attached hydrogens (tertiary/aromatic N) is 2. The molecule has 1 heterocycles. The fourth-order valence-corrected chi connectivity index (χ4v) is 3.28. The third-order valence-electron chi connectivity index (χ3n) is 4.52. The molecule has 0 spiro atoms. The van der Waals surface area contributed by atoms with Crippen LogP contribution in [-0.4, -0.2) is 36.3 Å². The molecule has 138 valence electrons. The zero-order chi connectivity index (χ0) is 18.0. The van der Waals surface area contributed by atoms with Crippen LogP contribution in [0.4, 0.5) is 11.4 Å². The molecule has 7 heteroatoms. The molecular formula is C19H21Cl2N3O2. The summed E-state index contributed by atoms with van der Waals surface area (Å²) in [5, 5.41) is 0.535. The summed E-state index contributed by atoms with van der Waals surface area (Å²) in [6, 6.07) is 14.0. The molecule has 0 bridgehead atoms.